The third kappa shape index (κ3) is 1.93. The van der Waals surface area contributed by atoms with Crippen molar-refractivity contribution in [1.29, 1.82) is 0 Å². The van der Waals surface area contributed by atoms with Crippen molar-refractivity contribution < 1.29 is 4.79 Å². The van der Waals surface area contributed by atoms with Crippen LogP contribution in [0.15, 0.2) is 0 Å². The van der Waals surface area contributed by atoms with Gasteiger partial charge in [0.15, 0.2) is 0 Å². The highest BCUT2D eigenvalue weighted by Gasteiger charge is 2.08. The first-order valence-corrected chi connectivity index (χ1v) is 2.51. The van der Waals surface area contributed by atoms with Crippen LogP contribution in [0.3, 0.4) is 0 Å². The Morgan fingerprint density at radius 3 is 2.00 bits per heavy atom. The Morgan fingerprint density at radius 1 is 1.62 bits per heavy atom. The molecule has 0 aromatic rings. The maximum absolute atomic E-state index is 10.3. The van der Waals surface area contributed by atoms with Gasteiger partial charge in [-0.25, -0.2) is 0 Å². The summed E-state index contributed by atoms with van der Waals surface area (Å²) in [6, 6.07) is -0.157. The fourth-order valence-electron chi connectivity index (χ4n) is 0.254. The molecule has 48 valence electrons. The van der Waals surface area contributed by atoms with Gasteiger partial charge in [-0.1, -0.05) is 0 Å². The molecule has 0 fully saturated rings. The zero-order valence-electron chi connectivity index (χ0n) is 5.51. The molecule has 0 rings (SSSR count). The summed E-state index contributed by atoms with van der Waals surface area (Å²) < 4.78 is 0. The minimum atomic E-state index is -0.282. The standard InChI is InChI=1S/C5H12N2O/c1-4(5(6)8)7(2)3/h4H,1-3H3,(H2,6,8)/t4-/m1/s1. The SMILES string of the molecule is C[C@H](C(N)=O)N(C)C. The van der Waals surface area contributed by atoms with Crippen molar-refractivity contribution in [3.63, 3.8) is 0 Å². The Morgan fingerprint density at radius 2 is 2.00 bits per heavy atom. The summed E-state index contributed by atoms with van der Waals surface area (Å²) in [7, 11) is 3.63. The quantitative estimate of drug-likeness (QED) is 0.524. The molecule has 1 amide bonds. The van der Waals surface area contributed by atoms with Crippen LogP contribution in [0.5, 0.6) is 0 Å². The van der Waals surface area contributed by atoms with Crippen molar-refractivity contribution in [3.05, 3.63) is 0 Å². The summed E-state index contributed by atoms with van der Waals surface area (Å²) in [5, 5.41) is 0. The summed E-state index contributed by atoms with van der Waals surface area (Å²) in [5.41, 5.74) is 4.96. The molecule has 0 aliphatic carbocycles. The number of nitrogens with zero attached hydrogens (tertiary/aromatic N) is 1. The number of primary amides is 1. The van der Waals surface area contributed by atoms with E-state index in [1.807, 2.05) is 14.1 Å². The summed E-state index contributed by atoms with van der Waals surface area (Å²) in [6.07, 6.45) is 0. The predicted molar refractivity (Wildman–Crippen MR) is 32.3 cm³/mol. The lowest BCUT2D eigenvalue weighted by molar-refractivity contribution is -0.121. The Bertz CT molecular complexity index is 90.4. The Hall–Kier alpha value is -0.570. The molecule has 0 heterocycles. The molecule has 0 aromatic heterocycles. The average Bonchev–Trinajstić information content (AvgIpc) is 1.64. The van der Waals surface area contributed by atoms with E-state index >= 15 is 0 Å². The first-order chi connectivity index (χ1) is 3.55. The van der Waals surface area contributed by atoms with Gasteiger partial charge < -0.3 is 5.73 Å². The smallest absolute Gasteiger partial charge is 0.234 e. The summed E-state index contributed by atoms with van der Waals surface area (Å²) >= 11 is 0. The first-order valence-electron chi connectivity index (χ1n) is 2.51. The number of nitrogens with two attached hydrogens (primary N) is 1. The van der Waals surface area contributed by atoms with Crippen LogP contribution < -0.4 is 5.73 Å². The lowest BCUT2D eigenvalue weighted by Gasteiger charge is -2.14. The van der Waals surface area contributed by atoms with E-state index in [0.29, 0.717) is 0 Å². The van der Waals surface area contributed by atoms with Gasteiger partial charge in [0.1, 0.15) is 0 Å². The molecule has 0 unspecified atom stereocenters. The molecule has 1 atom stereocenters. The summed E-state index contributed by atoms with van der Waals surface area (Å²) in [6.45, 7) is 1.77. The van der Waals surface area contributed by atoms with E-state index in [1.165, 1.54) is 0 Å². The van der Waals surface area contributed by atoms with Crippen LogP contribution in [0.4, 0.5) is 0 Å². The van der Waals surface area contributed by atoms with E-state index < -0.39 is 0 Å². The topological polar surface area (TPSA) is 46.3 Å². The fraction of sp³-hybridized carbons (Fsp3) is 0.800. The van der Waals surface area contributed by atoms with Crippen LogP contribution in [0, 0.1) is 0 Å². The Kier molecular flexibility index (Phi) is 2.48. The summed E-state index contributed by atoms with van der Waals surface area (Å²) in [5.74, 6) is -0.282. The molecular formula is C5H12N2O. The van der Waals surface area contributed by atoms with Gasteiger partial charge in [-0.2, -0.15) is 0 Å². The number of carbonyl (C=O) groups is 1. The molecule has 0 spiro atoms. The molecule has 0 radical (unpaired) electrons. The van der Waals surface area contributed by atoms with Crippen LogP contribution in [0.25, 0.3) is 0 Å². The lowest BCUT2D eigenvalue weighted by Crippen LogP contribution is -2.37. The second kappa shape index (κ2) is 2.67. The first kappa shape index (κ1) is 7.43. The molecule has 0 aliphatic heterocycles. The van der Waals surface area contributed by atoms with E-state index in [2.05, 4.69) is 0 Å². The van der Waals surface area contributed by atoms with Crippen molar-refractivity contribution in [1.82, 2.24) is 4.90 Å². The van der Waals surface area contributed by atoms with Gasteiger partial charge in [-0.15, -0.1) is 0 Å². The van der Waals surface area contributed by atoms with Gasteiger partial charge in [0.05, 0.1) is 6.04 Å². The van der Waals surface area contributed by atoms with E-state index in [4.69, 9.17) is 5.73 Å². The van der Waals surface area contributed by atoms with Gasteiger partial charge in [0, 0.05) is 0 Å². The number of carbonyl (C=O) groups excluding carboxylic acids is 1. The van der Waals surface area contributed by atoms with Crippen LogP contribution in [0.1, 0.15) is 6.92 Å². The molecule has 3 heteroatoms. The largest absolute Gasteiger partial charge is 0.368 e. The number of rotatable bonds is 2. The number of amides is 1. The minimum Gasteiger partial charge on any atom is -0.368 e. The van der Waals surface area contributed by atoms with Crippen LogP contribution >= 0.6 is 0 Å². The van der Waals surface area contributed by atoms with E-state index in [0.717, 1.165) is 0 Å². The molecule has 8 heavy (non-hydrogen) atoms. The van der Waals surface area contributed by atoms with Crippen molar-refractivity contribution >= 4 is 5.91 Å². The Labute approximate surface area is 49.5 Å². The highest BCUT2D eigenvalue weighted by atomic mass is 16.1. The minimum absolute atomic E-state index is 0.157. The molecular weight excluding hydrogens is 104 g/mol. The monoisotopic (exact) mass is 116 g/mol. The van der Waals surface area contributed by atoms with Gasteiger partial charge in [-0.05, 0) is 21.0 Å². The van der Waals surface area contributed by atoms with Crippen molar-refractivity contribution in [2.24, 2.45) is 5.73 Å². The van der Waals surface area contributed by atoms with Gasteiger partial charge in [0.25, 0.3) is 0 Å². The fourth-order valence-corrected chi connectivity index (χ4v) is 0.254. The van der Waals surface area contributed by atoms with Crippen LogP contribution in [-0.2, 0) is 4.79 Å². The van der Waals surface area contributed by atoms with Crippen LogP contribution in [-0.4, -0.2) is 30.9 Å². The average molecular weight is 116 g/mol. The normalized spacial score (nSPS) is 14.0. The molecule has 0 saturated carbocycles. The maximum Gasteiger partial charge on any atom is 0.234 e. The third-order valence-electron chi connectivity index (χ3n) is 1.19. The molecule has 0 aliphatic rings. The molecule has 0 bridgehead atoms. The summed E-state index contributed by atoms with van der Waals surface area (Å²) in [4.78, 5) is 12.1. The van der Waals surface area contributed by atoms with Crippen LogP contribution in [0.2, 0.25) is 0 Å². The van der Waals surface area contributed by atoms with Crippen molar-refractivity contribution in [2.75, 3.05) is 14.1 Å². The van der Waals surface area contributed by atoms with E-state index in [9.17, 15) is 4.79 Å². The van der Waals surface area contributed by atoms with Gasteiger partial charge >= 0.3 is 0 Å². The zero-order valence-corrected chi connectivity index (χ0v) is 5.51. The highest BCUT2D eigenvalue weighted by molar-refractivity contribution is 5.79. The predicted octanol–water partition coefficient (Wildman–Crippen LogP) is -0.578. The van der Waals surface area contributed by atoms with E-state index in [1.54, 1.807) is 11.8 Å². The zero-order chi connectivity index (χ0) is 6.73. The van der Waals surface area contributed by atoms with E-state index in [-0.39, 0.29) is 11.9 Å². The molecule has 0 saturated heterocycles. The third-order valence-corrected chi connectivity index (χ3v) is 1.19. The number of hydrogen-bond donors (Lipinski definition) is 1. The number of hydrogen-bond acceptors (Lipinski definition) is 2. The molecule has 3 nitrogen and oxygen atoms in total. The van der Waals surface area contributed by atoms with Crippen molar-refractivity contribution in [3.8, 4) is 0 Å². The van der Waals surface area contributed by atoms with Crippen molar-refractivity contribution in [2.45, 2.75) is 13.0 Å². The number of likely N-dealkylation sites (N-methyl/N-ethyl adjacent to an activating group) is 1. The lowest BCUT2D eigenvalue weighted by atomic mass is 10.3. The highest BCUT2D eigenvalue weighted by Crippen LogP contribution is 1.86. The Balaban J connectivity index is 3.64. The maximum atomic E-state index is 10.3. The molecule has 2 N–H and O–H groups in total. The van der Waals surface area contributed by atoms with Gasteiger partial charge in [0.2, 0.25) is 5.91 Å². The second-order valence-corrected chi connectivity index (χ2v) is 2.04. The molecule has 0 aromatic carbocycles. The van der Waals surface area contributed by atoms with Gasteiger partial charge in [-0.3, -0.25) is 9.69 Å². The second-order valence-electron chi connectivity index (χ2n) is 2.04.